The Labute approximate surface area is 203 Å². The summed E-state index contributed by atoms with van der Waals surface area (Å²) in [5.74, 6) is 1.62. The van der Waals surface area contributed by atoms with E-state index >= 15 is 0 Å². The van der Waals surface area contributed by atoms with E-state index < -0.39 is 11.2 Å². The fourth-order valence-electron chi connectivity index (χ4n) is 6.10. The van der Waals surface area contributed by atoms with E-state index in [4.69, 9.17) is 4.74 Å². The van der Waals surface area contributed by atoms with E-state index in [1.165, 1.54) is 23.8 Å². The Bertz CT molecular complexity index is 1330. The number of nitrogens with one attached hydrogen (secondary N) is 1. The van der Waals surface area contributed by atoms with Crippen LogP contribution in [0.4, 0.5) is 0 Å². The smallest absolute Gasteiger partial charge is 0.333 e. The van der Waals surface area contributed by atoms with Crippen LogP contribution in [0.3, 0.4) is 0 Å². The maximum Gasteiger partial charge on any atom is 0.333 e. The summed E-state index contributed by atoms with van der Waals surface area (Å²) in [4.78, 5) is 44.4. The van der Waals surface area contributed by atoms with Gasteiger partial charge < -0.3 is 14.6 Å². The minimum atomic E-state index is -0.536. The molecule has 4 atom stereocenters. The van der Waals surface area contributed by atoms with Crippen LogP contribution in [0.25, 0.3) is 11.2 Å². The van der Waals surface area contributed by atoms with Gasteiger partial charge in [0.05, 0.1) is 19.5 Å². The maximum absolute atomic E-state index is 13.5. The molecule has 2 aliphatic carbocycles. The number of ether oxygens (including phenoxy) is 1. The normalized spacial score (nSPS) is 22.1. The molecule has 5 rings (SSSR count). The molecule has 9 heteroatoms. The van der Waals surface area contributed by atoms with Crippen molar-refractivity contribution in [1.82, 2.24) is 24.0 Å². The van der Waals surface area contributed by atoms with Crippen LogP contribution in [-0.4, -0.2) is 44.4 Å². The summed E-state index contributed by atoms with van der Waals surface area (Å²) in [6, 6.07) is 9.56. The van der Waals surface area contributed by atoms with Gasteiger partial charge in [-0.1, -0.05) is 36.8 Å². The van der Waals surface area contributed by atoms with Gasteiger partial charge in [0.15, 0.2) is 11.2 Å². The van der Waals surface area contributed by atoms with Gasteiger partial charge in [-0.05, 0) is 49.5 Å². The van der Waals surface area contributed by atoms with Crippen molar-refractivity contribution in [3.8, 4) is 0 Å². The fourth-order valence-corrected chi connectivity index (χ4v) is 6.10. The van der Waals surface area contributed by atoms with Crippen molar-refractivity contribution in [2.75, 3.05) is 13.7 Å². The highest BCUT2D eigenvalue weighted by atomic mass is 16.5. The lowest BCUT2D eigenvalue weighted by molar-refractivity contribution is -0.122. The van der Waals surface area contributed by atoms with Gasteiger partial charge >= 0.3 is 5.69 Å². The minimum absolute atomic E-state index is 0.0241. The molecule has 186 valence electrons. The van der Waals surface area contributed by atoms with Crippen molar-refractivity contribution in [2.45, 2.75) is 58.3 Å². The van der Waals surface area contributed by atoms with Gasteiger partial charge in [0.2, 0.25) is 5.91 Å². The van der Waals surface area contributed by atoms with Crippen LogP contribution in [0.1, 0.15) is 38.2 Å². The molecule has 1 amide bonds. The van der Waals surface area contributed by atoms with Gasteiger partial charge in [0.1, 0.15) is 6.54 Å². The average molecular weight is 480 g/mol. The van der Waals surface area contributed by atoms with Gasteiger partial charge in [-0.15, -0.1) is 0 Å². The van der Waals surface area contributed by atoms with Crippen LogP contribution >= 0.6 is 0 Å². The number of amides is 1. The summed E-state index contributed by atoms with van der Waals surface area (Å²) in [5.41, 5.74) is 0.470. The number of benzene rings is 1. The third-order valence-electron chi connectivity index (χ3n) is 7.83. The predicted octanol–water partition coefficient (Wildman–Crippen LogP) is 2.00. The van der Waals surface area contributed by atoms with E-state index in [-0.39, 0.29) is 25.0 Å². The first kappa shape index (κ1) is 23.5. The Hall–Kier alpha value is -3.20. The fraction of sp³-hybridized carbons (Fsp3) is 0.538. The number of aromatic nitrogens is 4. The molecule has 9 nitrogen and oxygen atoms in total. The number of imidazole rings is 1. The van der Waals surface area contributed by atoms with Gasteiger partial charge in [0, 0.05) is 19.7 Å². The van der Waals surface area contributed by atoms with E-state index in [9.17, 15) is 14.4 Å². The van der Waals surface area contributed by atoms with E-state index in [2.05, 4.69) is 10.3 Å². The van der Waals surface area contributed by atoms with Crippen molar-refractivity contribution in [3.05, 3.63) is 63.1 Å². The zero-order valence-electron chi connectivity index (χ0n) is 20.4. The number of nitrogens with zero attached hydrogens (tertiary/aromatic N) is 4. The molecule has 2 aromatic heterocycles. The lowest BCUT2D eigenvalue weighted by Crippen LogP contribution is -2.47. The minimum Gasteiger partial charge on any atom is -0.383 e. The highest BCUT2D eigenvalue weighted by Gasteiger charge is 2.42. The first-order valence-corrected chi connectivity index (χ1v) is 12.5. The van der Waals surface area contributed by atoms with Gasteiger partial charge in [-0.2, -0.15) is 0 Å². The van der Waals surface area contributed by atoms with Crippen LogP contribution in [0.5, 0.6) is 0 Å². The number of hydrogen-bond acceptors (Lipinski definition) is 5. The van der Waals surface area contributed by atoms with E-state index in [0.29, 0.717) is 36.2 Å². The Kier molecular flexibility index (Phi) is 6.60. The topological polar surface area (TPSA) is 100 Å². The van der Waals surface area contributed by atoms with Crippen LogP contribution < -0.4 is 16.6 Å². The third-order valence-corrected chi connectivity index (χ3v) is 7.83. The predicted molar refractivity (Wildman–Crippen MR) is 132 cm³/mol. The largest absolute Gasteiger partial charge is 0.383 e. The van der Waals surface area contributed by atoms with Crippen molar-refractivity contribution in [3.63, 3.8) is 0 Å². The molecular formula is C26H33N5O4. The summed E-state index contributed by atoms with van der Waals surface area (Å²) in [6.45, 7) is 2.79. The van der Waals surface area contributed by atoms with Gasteiger partial charge in [-0.25, -0.2) is 14.3 Å². The first-order chi connectivity index (χ1) is 17.0. The molecule has 4 unspecified atom stereocenters. The molecule has 0 spiro atoms. The van der Waals surface area contributed by atoms with Crippen molar-refractivity contribution < 1.29 is 9.53 Å². The Morgan fingerprint density at radius 3 is 2.66 bits per heavy atom. The number of carbonyl (C=O) groups is 1. The second kappa shape index (κ2) is 9.81. The van der Waals surface area contributed by atoms with E-state index in [1.807, 2.05) is 37.3 Å². The summed E-state index contributed by atoms with van der Waals surface area (Å²) >= 11 is 0. The van der Waals surface area contributed by atoms with Gasteiger partial charge in [-0.3, -0.25) is 14.2 Å². The van der Waals surface area contributed by atoms with Crippen molar-refractivity contribution >= 4 is 17.1 Å². The maximum atomic E-state index is 13.5. The Morgan fingerprint density at radius 1 is 1.17 bits per heavy atom. The standard InChI is InChI=1S/C26H33N5O4/c1-17(21-13-19-8-9-20(21)12-19)28-22(32)15-31-25(33)23-24(27-16-29(23)10-11-35-2)30(26(31)34)14-18-6-4-3-5-7-18/h3-7,16-17,19-21H,8-15H2,1-2H3,(H,28,32). The molecule has 35 heavy (non-hydrogen) atoms. The van der Waals surface area contributed by atoms with Gasteiger partial charge in [0.25, 0.3) is 5.56 Å². The number of carbonyl (C=O) groups excluding carboxylic acids is 1. The molecule has 0 aliphatic heterocycles. The second-order valence-electron chi connectivity index (χ2n) is 10.0. The van der Waals surface area contributed by atoms with Crippen LogP contribution in [0.15, 0.2) is 46.2 Å². The molecule has 2 heterocycles. The Balaban J connectivity index is 1.47. The SMILES string of the molecule is COCCn1cnc2c1c(=O)n(CC(=O)NC(C)C1CC3CCC1C3)c(=O)n2Cc1ccccc1. The summed E-state index contributed by atoms with van der Waals surface area (Å²) < 4.78 is 9.38. The van der Waals surface area contributed by atoms with Crippen LogP contribution in [0.2, 0.25) is 0 Å². The lowest BCUT2D eigenvalue weighted by Gasteiger charge is -2.28. The summed E-state index contributed by atoms with van der Waals surface area (Å²) in [5, 5.41) is 3.08. The molecule has 2 bridgehead atoms. The highest BCUT2D eigenvalue weighted by Crippen LogP contribution is 2.49. The molecule has 2 fully saturated rings. The first-order valence-electron chi connectivity index (χ1n) is 12.5. The molecule has 2 aliphatic rings. The summed E-state index contributed by atoms with van der Waals surface area (Å²) in [6.07, 6.45) is 6.50. The summed E-state index contributed by atoms with van der Waals surface area (Å²) in [7, 11) is 1.59. The highest BCUT2D eigenvalue weighted by molar-refractivity contribution is 5.77. The zero-order chi connectivity index (χ0) is 24.5. The molecule has 0 saturated heterocycles. The number of hydrogen-bond donors (Lipinski definition) is 1. The average Bonchev–Trinajstić information content (AvgIpc) is 3.60. The molecule has 0 radical (unpaired) electrons. The monoisotopic (exact) mass is 479 g/mol. The molecular weight excluding hydrogens is 446 g/mol. The quantitative estimate of drug-likeness (QED) is 0.506. The molecule has 1 aromatic carbocycles. The van der Waals surface area contributed by atoms with Crippen molar-refractivity contribution in [2.24, 2.45) is 17.8 Å². The lowest BCUT2D eigenvalue weighted by atomic mass is 9.84. The number of fused-ring (bicyclic) bond motifs is 3. The Morgan fingerprint density at radius 2 is 1.97 bits per heavy atom. The molecule has 3 aromatic rings. The molecule has 1 N–H and O–H groups in total. The van der Waals surface area contributed by atoms with Crippen LogP contribution in [-0.2, 0) is 29.2 Å². The van der Waals surface area contributed by atoms with Crippen molar-refractivity contribution in [1.29, 1.82) is 0 Å². The van der Waals surface area contributed by atoms with E-state index in [0.717, 1.165) is 22.5 Å². The zero-order valence-corrected chi connectivity index (χ0v) is 20.4. The van der Waals surface area contributed by atoms with E-state index in [1.54, 1.807) is 18.0 Å². The third kappa shape index (κ3) is 4.57. The van der Waals surface area contributed by atoms with Crippen LogP contribution in [0, 0.1) is 17.8 Å². The number of rotatable bonds is 9. The second-order valence-corrected chi connectivity index (χ2v) is 10.0. The number of methoxy groups -OCH3 is 1. The molecule has 2 saturated carbocycles.